The zero-order valence-corrected chi connectivity index (χ0v) is 19.0. The summed E-state index contributed by atoms with van der Waals surface area (Å²) in [6, 6.07) is 13.4. The van der Waals surface area contributed by atoms with Crippen molar-refractivity contribution >= 4 is 23.5 Å². The fourth-order valence-corrected chi connectivity index (χ4v) is 5.32. The Balaban J connectivity index is 1.84. The summed E-state index contributed by atoms with van der Waals surface area (Å²) in [5.74, 6) is 0.780. The molecule has 1 atom stereocenters. The minimum Gasteiger partial charge on any atom is -0.335 e. The number of para-hydroxylation sites is 1. The summed E-state index contributed by atoms with van der Waals surface area (Å²) in [6.07, 6.45) is 7.58. The van der Waals surface area contributed by atoms with E-state index < -0.39 is 0 Å². The van der Waals surface area contributed by atoms with Crippen molar-refractivity contribution in [3.63, 3.8) is 0 Å². The third-order valence-corrected chi connectivity index (χ3v) is 6.94. The first kappa shape index (κ1) is 21.0. The van der Waals surface area contributed by atoms with Crippen LogP contribution in [0.15, 0.2) is 46.3 Å². The minimum absolute atomic E-state index is 0.780. The molecule has 28 heavy (non-hydrogen) atoms. The first-order valence-electron chi connectivity index (χ1n) is 10.8. The summed E-state index contributed by atoms with van der Waals surface area (Å²) in [7, 11) is 0. The zero-order valence-electron chi connectivity index (χ0n) is 18.2. The SMILES string of the molecule is CCCCC(CC)C[n+]1c(C)cc(/C=C2\Sc3ccccc3N2CC)cc1C. The van der Waals surface area contributed by atoms with Crippen molar-refractivity contribution in [1.29, 1.82) is 0 Å². The smallest absolute Gasteiger partial charge is 0.179 e. The molecule has 1 aliphatic rings. The summed E-state index contributed by atoms with van der Waals surface area (Å²) >= 11 is 1.88. The minimum atomic E-state index is 0.780. The number of nitrogens with zero attached hydrogens (tertiary/aromatic N) is 2. The molecule has 1 aliphatic heterocycles. The number of aromatic nitrogens is 1. The van der Waals surface area contributed by atoms with Gasteiger partial charge in [-0.3, -0.25) is 0 Å². The lowest BCUT2D eigenvalue weighted by Gasteiger charge is -2.18. The molecule has 0 saturated heterocycles. The van der Waals surface area contributed by atoms with Gasteiger partial charge in [0, 0.05) is 43.3 Å². The lowest BCUT2D eigenvalue weighted by atomic mass is 9.98. The maximum absolute atomic E-state index is 2.51. The number of unbranched alkanes of at least 4 members (excludes halogenated alkanes) is 1. The van der Waals surface area contributed by atoms with Crippen molar-refractivity contribution in [2.75, 3.05) is 11.4 Å². The number of aryl methyl sites for hydroxylation is 2. The van der Waals surface area contributed by atoms with Crippen molar-refractivity contribution in [2.45, 2.75) is 71.7 Å². The van der Waals surface area contributed by atoms with Crippen molar-refractivity contribution in [3.8, 4) is 0 Å². The zero-order chi connectivity index (χ0) is 20.1. The molecular weight excluding hydrogens is 360 g/mol. The molecule has 0 N–H and O–H groups in total. The van der Waals surface area contributed by atoms with Gasteiger partial charge in [0.2, 0.25) is 0 Å². The Morgan fingerprint density at radius 3 is 2.43 bits per heavy atom. The van der Waals surface area contributed by atoms with Crippen LogP contribution in [0.3, 0.4) is 0 Å². The lowest BCUT2D eigenvalue weighted by Crippen LogP contribution is -2.43. The van der Waals surface area contributed by atoms with Crippen LogP contribution in [-0.4, -0.2) is 6.54 Å². The van der Waals surface area contributed by atoms with Gasteiger partial charge >= 0.3 is 0 Å². The summed E-state index contributed by atoms with van der Waals surface area (Å²) < 4.78 is 2.51. The fourth-order valence-electron chi connectivity index (χ4n) is 4.13. The number of hydrogen-bond acceptors (Lipinski definition) is 2. The lowest BCUT2D eigenvalue weighted by molar-refractivity contribution is -0.714. The van der Waals surface area contributed by atoms with E-state index in [0.29, 0.717) is 0 Å². The standard InChI is InChI=1S/C25H35N2S/c1-6-9-12-21(7-2)18-27-19(4)15-22(16-20(27)5)17-25-26(8-3)23-13-10-11-14-24(23)28-25/h10-11,13-17,21H,6-9,12,18H2,1-5H3/q+1. The Morgan fingerprint density at radius 1 is 1.07 bits per heavy atom. The summed E-state index contributed by atoms with van der Waals surface area (Å²) in [4.78, 5) is 3.78. The average Bonchev–Trinajstić information content (AvgIpc) is 3.03. The van der Waals surface area contributed by atoms with Crippen molar-refractivity contribution in [2.24, 2.45) is 5.92 Å². The van der Waals surface area contributed by atoms with Crippen molar-refractivity contribution in [1.82, 2.24) is 0 Å². The van der Waals surface area contributed by atoms with Gasteiger partial charge < -0.3 is 4.90 Å². The molecule has 0 fully saturated rings. The van der Waals surface area contributed by atoms with Gasteiger partial charge in [0.15, 0.2) is 17.9 Å². The van der Waals surface area contributed by atoms with E-state index in [0.717, 1.165) is 19.0 Å². The van der Waals surface area contributed by atoms with E-state index in [1.807, 2.05) is 11.8 Å². The maximum atomic E-state index is 2.51. The number of thioether (sulfide) groups is 1. The van der Waals surface area contributed by atoms with Crippen LogP contribution in [0.4, 0.5) is 5.69 Å². The van der Waals surface area contributed by atoms with E-state index in [9.17, 15) is 0 Å². The number of hydrogen-bond donors (Lipinski definition) is 0. The van der Waals surface area contributed by atoms with Gasteiger partial charge in [-0.2, -0.15) is 4.57 Å². The third kappa shape index (κ3) is 4.63. The Labute approximate surface area is 175 Å². The van der Waals surface area contributed by atoms with Crippen LogP contribution in [0.1, 0.15) is 63.4 Å². The number of anilines is 1. The first-order valence-corrected chi connectivity index (χ1v) is 11.7. The summed E-state index contributed by atoms with van der Waals surface area (Å²) in [5, 5.41) is 1.33. The molecule has 0 saturated carbocycles. The number of fused-ring (bicyclic) bond motifs is 1. The molecule has 3 rings (SSSR count). The van der Waals surface area contributed by atoms with E-state index in [1.165, 1.54) is 58.2 Å². The van der Waals surface area contributed by atoms with Crippen LogP contribution >= 0.6 is 11.8 Å². The van der Waals surface area contributed by atoms with Crippen LogP contribution in [0.5, 0.6) is 0 Å². The summed E-state index contributed by atoms with van der Waals surface area (Å²) in [6.45, 7) is 13.5. The van der Waals surface area contributed by atoms with Gasteiger partial charge in [-0.25, -0.2) is 0 Å². The van der Waals surface area contributed by atoms with Gasteiger partial charge in [-0.1, -0.05) is 50.6 Å². The molecule has 0 aliphatic carbocycles. The van der Waals surface area contributed by atoms with Crippen LogP contribution in [-0.2, 0) is 6.54 Å². The molecular formula is C25H35N2S+. The normalized spacial score (nSPS) is 15.9. The number of pyridine rings is 1. The molecule has 1 unspecified atom stereocenters. The molecule has 1 aromatic heterocycles. The summed E-state index contributed by atoms with van der Waals surface area (Å²) in [5.41, 5.74) is 5.37. The maximum Gasteiger partial charge on any atom is 0.179 e. The van der Waals surface area contributed by atoms with Gasteiger partial charge in [-0.15, -0.1) is 0 Å². The molecule has 0 amide bonds. The van der Waals surface area contributed by atoms with Crippen LogP contribution in [0.25, 0.3) is 6.08 Å². The molecule has 2 heterocycles. The topological polar surface area (TPSA) is 7.12 Å². The molecule has 3 heteroatoms. The van der Waals surface area contributed by atoms with Crippen LogP contribution in [0.2, 0.25) is 0 Å². The molecule has 0 bridgehead atoms. The second kappa shape index (κ2) is 9.65. The highest BCUT2D eigenvalue weighted by Gasteiger charge is 2.24. The predicted octanol–water partition coefficient (Wildman–Crippen LogP) is 6.74. The van der Waals surface area contributed by atoms with Crippen LogP contribution in [0, 0.1) is 19.8 Å². The van der Waals surface area contributed by atoms with Crippen molar-refractivity contribution < 1.29 is 4.57 Å². The van der Waals surface area contributed by atoms with Crippen LogP contribution < -0.4 is 9.47 Å². The molecule has 2 aromatic rings. The predicted molar refractivity (Wildman–Crippen MR) is 123 cm³/mol. The highest BCUT2D eigenvalue weighted by molar-refractivity contribution is 8.03. The Kier molecular flexibility index (Phi) is 7.23. The average molecular weight is 396 g/mol. The second-order valence-corrected chi connectivity index (χ2v) is 8.96. The van der Waals surface area contributed by atoms with E-state index in [2.05, 4.69) is 86.6 Å². The molecule has 150 valence electrons. The van der Waals surface area contributed by atoms with E-state index in [-0.39, 0.29) is 0 Å². The monoisotopic (exact) mass is 395 g/mol. The number of rotatable bonds is 8. The largest absolute Gasteiger partial charge is 0.335 e. The van der Waals surface area contributed by atoms with E-state index >= 15 is 0 Å². The Morgan fingerprint density at radius 2 is 1.79 bits per heavy atom. The van der Waals surface area contributed by atoms with Gasteiger partial charge in [-0.05, 0) is 43.5 Å². The highest BCUT2D eigenvalue weighted by Crippen LogP contribution is 2.46. The molecule has 2 nitrogen and oxygen atoms in total. The fraction of sp³-hybridized carbons (Fsp3) is 0.480. The highest BCUT2D eigenvalue weighted by atomic mass is 32.2. The van der Waals surface area contributed by atoms with Gasteiger partial charge in [0.25, 0.3) is 0 Å². The van der Waals surface area contributed by atoms with E-state index in [1.54, 1.807) is 0 Å². The van der Waals surface area contributed by atoms with Gasteiger partial charge in [0.05, 0.1) is 10.7 Å². The molecule has 0 spiro atoms. The van der Waals surface area contributed by atoms with E-state index in [4.69, 9.17) is 0 Å². The molecule has 0 radical (unpaired) electrons. The van der Waals surface area contributed by atoms with Gasteiger partial charge in [0.1, 0.15) is 0 Å². The quantitative estimate of drug-likeness (QED) is 0.457. The van der Waals surface area contributed by atoms with Crippen molar-refractivity contribution in [3.05, 3.63) is 58.4 Å². The molecule has 1 aromatic carbocycles. The second-order valence-electron chi connectivity index (χ2n) is 7.90. The first-order chi connectivity index (χ1) is 13.6. The third-order valence-electron chi connectivity index (χ3n) is 5.83. The number of benzene rings is 1. The Bertz CT molecular complexity index is 817. The Hall–Kier alpha value is -1.74.